The second kappa shape index (κ2) is 5.77. The molecular weight excluding hydrogens is 218 g/mol. The molecule has 98 valence electrons. The van der Waals surface area contributed by atoms with Gasteiger partial charge in [-0.05, 0) is 27.9 Å². The van der Waals surface area contributed by atoms with Gasteiger partial charge in [0.2, 0.25) is 0 Å². The number of nitrogens with two attached hydrogens (primary N) is 1. The van der Waals surface area contributed by atoms with E-state index < -0.39 is 0 Å². The summed E-state index contributed by atoms with van der Waals surface area (Å²) < 4.78 is 3.56. The van der Waals surface area contributed by atoms with Crippen molar-refractivity contribution in [2.24, 2.45) is 0 Å². The van der Waals surface area contributed by atoms with E-state index in [2.05, 4.69) is 10.2 Å². The molecule has 6 nitrogen and oxygen atoms in total. The maximum atomic E-state index is 11.9. The molecular formula is C11H23N5O. The van der Waals surface area contributed by atoms with Crippen LogP contribution in [-0.4, -0.2) is 41.4 Å². The Labute approximate surface area is 102 Å². The van der Waals surface area contributed by atoms with Gasteiger partial charge in [0, 0.05) is 26.2 Å². The van der Waals surface area contributed by atoms with E-state index in [-0.39, 0.29) is 5.56 Å². The largest absolute Gasteiger partial charge is 0.391 e. The molecule has 0 unspecified atom stereocenters. The minimum Gasteiger partial charge on any atom is -0.391 e. The van der Waals surface area contributed by atoms with Crippen LogP contribution in [0.2, 0.25) is 0 Å². The van der Waals surface area contributed by atoms with E-state index in [9.17, 15) is 4.79 Å². The van der Waals surface area contributed by atoms with Gasteiger partial charge in [0.1, 0.15) is 11.5 Å². The Hall–Kier alpha value is -1.43. The number of hydrogen-bond donors (Lipinski definition) is 2. The first-order valence-electron chi connectivity index (χ1n) is 6.00. The number of anilines is 2. The van der Waals surface area contributed by atoms with Gasteiger partial charge in [0.15, 0.2) is 0 Å². The van der Waals surface area contributed by atoms with Gasteiger partial charge >= 0.3 is 0 Å². The molecule has 0 radical (unpaired) electrons. The Morgan fingerprint density at radius 1 is 1.24 bits per heavy atom. The lowest BCUT2D eigenvalue weighted by molar-refractivity contribution is 0.423. The molecule has 0 bridgehead atoms. The second-order valence-electron chi connectivity index (χ2n) is 4.23. The summed E-state index contributed by atoms with van der Waals surface area (Å²) in [6.45, 7) is 6.97. The van der Waals surface area contributed by atoms with Crippen molar-refractivity contribution in [3.63, 3.8) is 0 Å². The van der Waals surface area contributed by atoms with Crippen molar-refractivity contribution >= 4 is 11.5 Å². The van der Waals surface area contributed by atoms with Crippen molar-refractivity contribution in [3.8, 4) is 0 Å². The standard InChI is InChI=1S/C11H23N5O/c1-5-15-10(13-7-8-14(3)4)9(12)11(17)16(15)6-2/h13H,5-8,12H2,1-4H3. The molecule has 1 aromatic rings. The zero-order valence-electron chi connectivity index (χ0n) is 11.2. The number of likely N-dealkylation sites (N-methyl/N-ethyl adjacent to an activating group) is 1. The lowest BCUT2D eigenvalue weighted by Gasteiger charge is -2.14. The van der Waals surface area contributed by atoms with Crippen LogP contribution in [0.1, 0.15) is 13.8 Å². The average Bonchev–Trinajstić information content (AvgIpc) is 2.52. The Bertz CT molecular complexity index is 418. The Morgan fingerprint density at radius 2 is 1.82 bits per heavy atom. The van der Waals surface area contributed by atoms with Gasteiger partial charge in [-0.2, -0.15) is 0 Å². The van der Waals surface area contributed by atoms with E-state index in [1.54, 1.807) is 4.68 Å². The predicted molar refractivity (Wildman–Crippen MR) is 71.5 cm³/mol. The van der Waals surface area contributed by atoms with E-state index in [0.717, 1.165) is 25.5 Å². The first kappa shape index (κ1) is 13.6. The lowest BCUT2D eigenvalue weighted by atomic mass is 10.4. The molecule has 1 aromatic heterocycles. The number of hydrogen-bond acceptors (Lipinski definition) is 4. The molecule has 0 aliphatic carbocycles. The van der Waals surface area contributed by atoms with Gasteiger partial charge < -0.3 is 16.0 Å². The molecule has 1 heterocycles. The van der Waals surface area contributed by atoms with E-state index in [1.807, 2.05) is 32.6 Å². The highest BCUT2D eigenvalue weighted by Gasteiger charge is 2.14. The van der Waals surface area contributed by atoms with Crippen molar-refractivity contribution in [3.05, 3.63) is 10.4 Å². The van der Waals surface area contributed by atoms with Gasteiger partial charge in [0.25, 0.3) is 5.56 Å². The summed E-state index contributed by atoms with van der Waals surface area (Å²) in [6, 6.07) is 0. The number of rotatable bonds is 6. The summed E-state index contributed by atoms with van der Waals surface area (Å²) in [6.07, 6.45) is 0. The molecule has 0 aromatic carbocycles. The predicted octanol–water partition coefficient (Wildman–Crippen LogP) is 0.245. The van der Waals surface area contributed by atoms with Crippen molar-refractivity contribution in [2.45, 2.75) is 26.9 Å². The molecule has 17 heavy (non-hydrogen) atoms. The second-order valence-corrected chi connectivity index (χ2v) is 4.23. The topological polar surface area (TPSA) is 68.2 Å². The van der Waals surface area contributed by atoms with Crippen LogP contribution in [0.3, 0.4) is 0 Å². The summed E-state index contributed by atoms with van der Waals surface area (Å²) in [7, 11) is 4.02. The summed E-state index contributed by atoms with van der Waals surface area (Å²) in [5.74, 6) is 0.737. The van der Waals surface area contributed by atoms with E-state index in [1.165, 1.54) is 0 Å². The zero-order chi connectivity index (χ0) is 13.0. The van der Waals surface area contributed by atoms with Gasteiger partial charge in [-0.25, -0.2) is 4.68 Å². The number of nitrogens with one attached hydrogen (secondary N) is 1. The number of aromatic nitrogens is 2. The first-order chi connectivity index (χ1) is 8.02. The number of nitrogens with zero attached hydrogens (tertiary/aromatic N) is 3. The Kier molecular flexibility index (Phi) is 4.62. The molecule has 3 N–H and O–H groups in total. The summed E-state index contributed by atoms with van der Waals surface area (Å²) in [5.41, 5.74) is 6.04. The number of nitrogen functional groups attached to an aromatic ring is 1. The lowest BCUT2D eigenvalue weighted by Crippen LogP contribution is -2.24. The van der Waals surface area contributed by atoms with Crippen molar-refractivity contribution in [2.75, 3.05) is 38.2 Å². The minimum atomic E-state index is -0.110. The van der Waals surface area contributed by atoms with Crippen LogP contribution in [-0.2, 0) is 13.1 Å². The highest BCUT2D eigenvalue weighted by atomic mass is 16.1. The molecule has 1 rings (SSSR count). The Morgan fingerprint density at radius 3 is 2.29 bits per heavy atom. The maximum absolute atomic E-state index is 11.9. The monoisotopic (exact) mass is 241 g/mol. The first-order valence-corrected chi connectivity index (χ1v) is 6.00. The third-order valence-corrected chi connectivity index (χ3v) is 2.72. The molecule has 6 heteroatoms. The fourth-order valence-corrected chi connectivity index (χ4v) is 1.84. The quantitative estimate of drug-likeness (QED) is 0.749. The van der Waals surface area contributed by atoms with Crippen LogP contribution in [0.25, 0.3) is 0 Å². The van der Waals surface area contributed by atoms with E-state index in [0.29, 0.717) is 12.2 Å². The molecule has 0 saturated heterocycles. The van der Waals surface area contributed by atoms with Crippen LogP contribution >= 0.6 is 0 Å². The van der Waals surface area contributed by atoms with Crippen molar-refractivity contribution < 1.29 is 0 Å². The molecule has 0 aliphatic rings. The summed E-state index contributed by atoms with van der Waals surface area (Å²) in [5, 5.41) is 3.23. The fourth-order valence-electron chi connectivity index (χ4n) is 1.84. The van der Waals surface area contributed by atoms with Crippen LogP contribution in [0, 0.1) is 0 Å². The average molecular weight is 241 g/mol. The summed E-state index contributed by atoms with van der Waals surface area (Å²) >= 11 is 0. The highest BCUT2D eigenvalue weighted by molar-refractivity contribution is 5.61. The van der Waals surface area contributed by atoms with Crippen LogP contribution in [0.15, 0.2) is 4.79 Å². The van der Waals surface area contributed by atoms with Gasteiger partial charge in [-0.15, -0.1) is 0 Å². The third kappa shape index (κ3) is 2.82. The van der Waals surface area contributed by atoms with E-state index >= 15 is 0 Å². The van der Waals surface area contributed by atoms with Crippen molar-refractivity contribution in [1.29, 1.82) is 0 Å². The molecule has 0 atom stereocenters. The minimum absolute atomic E-state index is 0.110. The molecule has 0 spiro atoms. The fraction of sp³-hybridized carbons (Fsp3) is 0.727. The van der Waals surface area contributed by atoms with Gasteiger partial charge in [0.05, 0.1) is 0 Å². The zero-order valence-corrected chi connectivity index (χ0v) is 11.2. The molecule has 0 aliphatic heterocycles. The SMILES string of the molecule is CCn1c(NCCN(C)C)c(N)c(=O)n1CC. The van der Waals surface area contributed by atoms with Crippen LogP contribution in [0.5, 0.6) is 0 Å². The molecule has 0 saturated carbocycles. The summed E-state index contributed by atoms with van der Waals surface area (Å²) in [4.78, 5) is 13.9. The maximum Gasteiger partial charge on any atom is 0.292 e. The smallest absolute Gasteiger partial charge is 0.292 e. The Balaban J connectivity index is 2.94. The highest BCUT2D eigenvalue weighted by Crippen LogP contribution is 2.14. The van der Waals surface area contributed by atoms with Crippen LogP contribution in [0.4, 0.5) is 11.5 Å². The van der Waals surface area contributed by atoms with E-state index in [4.69, 9.17) is 5.73 Å². The van der Waals surface area contributed by atoms with Gasteiger partial charge in [-0.3, -0.25) is 9.48 Å². The normalized spacial score (nSPS) is 11.1. The van der Waals surface area contributed by atoms with Crippen LogP contribution < -0.4 is 16.6 Å². The van der Waals surface area contributed by atoms with Gasteiger partial charge in [-0.1, -0.05) is 0 Å². The third-order valence-electron chi connectivity index (χ3n) is 2.72. The molecule has 0 amide bonds. The van der Waals surface area contributed by atoms with Crippen molar-refractivity contribution in [1.82, 2.24) is 14.3 Å². The molecule has 0 fully saturated rings.